The number of rotatable bonds is 9. The normalized spacial score (nSPS) is 19.5. The van der Waals surface area contributed by atoms with Gasteiger partial charge in [0.15, 0.2) is 0 Å². The maximum absolute atomic E-state index is 12.6. The number of amides is 1. The fraction of sp³-hybridized carbons (Fsp3) is 0.545. The second-order valence-electron chi connectivity index (χ2n) is 13.0. The predicted molar refractivity (Wildman–Crippen MR) is 171 cm³/mol. The Bertz CT molecular complexity index is 1600. The zero-order chi connectivity index (χ0) is 31.0. The fourth-order valence-electron chi connectivity index (χ4n) is 6.97. The Morgan fingerprint density at radius 3 is 2.80 bits per heavy atom. The minimum Gasteiger partial charge on any atom is -0.463 e. The van der Waals surface area contributed by atoms with Crippen LogP contribution >= 0.6 is 0 Å². The summed E-state index contributed by atoms with van der Waals surface area (Å²) in [5, 5.41) is 18.2. The molecular formula is C33H43N9O2. The van der Waals surface area contributed by atoms with Crippen LogP contribution < -0.4 is 14.5 Å². The molecule has 1 N–H and O–H groups in total. The summed E-state index contributed by atoms with van der Waals surface area (Å²) in [5.41, 5.74) is 6.94. The van der Waals surface area contributed by atoms with Gasteiger partial charge in [0.25, 0.3) is 0 Å². The van der Waals surface area contributed by atoms with E-state index in [-0.39, 0.29) is 23.8 Å². The molecule has 0 radical (unpaired) electrons. The van der Waals surface area contributed by atoms with E-state index >= 15 is 0 Å². The average molecular weight is 598 g/mol. The lowest BCUT2D eigenvalue weighted by Crippen LogP contribution is -2.55. The minimum atomic E-state index is -0.240. The van der Waals surface area contributed by atoms with Crippen LogP contribution in [0, 0.1) is 30.6 Å². The first-order valence-electron chi connectivity index (χ1n) is 15.6. The molecule has 3 aromatic rings. The highest BCUT2D eigenvalue weighted by molar-refractivity contribution is 5.94. The molecule has 1 saturated heterocycles. The van der Waals surface area contributed by atoms with Gasteiger partial charge in [0, 0.05) is 49.1 Å². The van der Waals surface area contributed by atoms with Crippen LogP contribution in [0.1, 0.15) is 48.1 Å². The number of aryl methyl sites for hydroxylation is 1. The summed E-state index contributed by atoms with van der Waals surface area (Å²) in [6, 6.07) is 4.60. The van der Waals surface area contributed by atoms with Crippen LogP contribution in [0.15, 0.2) is 24.9 Å². The van der Waals surface area contributed by atoms with E-state index in [1.54, 1.807) is 4.90 Å². The zero-order valence-electron chi connectivity index (χ0n) is 26.4. The van der Waals surface area contributed by atoms with Gasteiger partial charge in [-0.25, -0.2) is 0 Å². The molecule has 1 saturated carbocycles. The first kappa shape index (κ1) is 29.9. The Morgan fingerprint density at radius 2 is 2.07 bits per heavy atom. The molecule has 3 aliphatic rings. The van der Waals surface area contributed by atoms with Crippen molar-refractivity contribution < 1.29 is 9.53 Å². The standard InChI is InChI=1S/C33H43N9O2/c1-6-29(43)42-15-14-41(18-24(42)9-12-34)31-25-8-7-13-40(30-23(3)22(2)16-27-26(30)17-35-38-27)19-28(25)36-32(37-31)44-21-33(10-11-33)20-39(4)5/h6,16-17,24H,1,7-11,13-15,18-21H2,2-5H3,(H,35,38)/t24-/m0/s1. The van der Waals surface area contributed by atoms with E-state index in [0.717, 1.165) is 66.8 Å². The number of nitrogens with zero attached hydrogens (tertiary/aromatic N) is 8. The van der Waals surface area contributed by atoms with E-state index < -0.39 is 0 Å². The van der Waals surface area contributed by atoms with Crippen LogP contribution in [-0.4, -0.2) is 95.3 Å². The second kappa shape index (κ2) is 12.1. The lowest BCUT2D eigenvalue weighted by Gasteiger charge is -2.41. The Kier molecular flexibility index (Phi) is 8.20. The first-order chi connectivity index (χ1) is 21.2. The highest BCUT2D eigenvalue weighted by Crippen LogP contribution is 2.46. The van der Waals surface area contributed by atoms with E-state index in [1.807, 2.05) is 6.20 Å². The van der Waals surface area contributed by atoms with Gasteiger partial charge in [-0.3, -0.25) is 9.89 Å². The number of hydrogen-bond donors (Lipinski definition) is 1. The third kappa shape index (κ3) is 5.83. The van der Waals surface area contributed by atoms with Crippen LogP contribution in [-0.2, 0) is 17.8 Å². The summed E-state index contributed by atoms with van der Waals surface area (Å²) in [5.74, 6) is 0.730. The summed E-state index contributed by atoms with van der Waals surface area (Å²) in [6.07, 6.45) is 7.56. The van der Waals surface area contributed by atoms with Crippen LogP contribution in [0.4, 0.5) is 11.5 Å². The Hall–Kier alpha value is -4.17. The first-order valence-corrected chi connectivity index (χ1v) is 15.6. The largest absolute Gasteiger partial charge is 0.463 e. The lowest BCUT2D eigenvalue weighted by molar-refractivity contribution is -0.128. The molecular weight excluding hydrogens is 554 g/mol. The number of benzene rings is 1. The van der Waals surface area contributed by atoms with Gasteiger partial charge in [-0.05, 0) is 76.9 Å². The van der Waals surface area contributed by atoms with Gasteiger partial charge in [0.2, 0.25) is 5.91 Å². The quantitative estimate of drug-likeness (QED) is 0.368. The number of H-pyrrole nitrogens is 1. The molecule has 11 heteroatoms. The molecule has 1 aliphatic carbocycles. The van der Waals surface area contributed by atoms with Crippen molar-refractivity contribution in [3.05, 3.63) is 47.3 Å². The summed E-state index contributed by atoms with van der Waals surface area (Å²) >= 11 is 0. The average Bonchev–Trinajstić information content (AvgIpc) is 3.67. The molecule has 2 aromatic heterocycles. The third-order valence-corrected chi connectivity index (χ3v) is 9.48. The van der Waals surface area contributed by atoms with Gasteiger partial charge in [-0.2, -0.15) is 20.3 Å². The zero-order valence-corrected chi connectivity index (χ0v) is 26.4. The minimum absolute atomic E-state index is 0.138. The van der Waals surface area contributed by atoms with E-state index in [2.05, 4.69) is 71.6 Å². The monoisotopic (exact) mass is 597 g/mol. The lowest BCUT2D eigenvalue weighted by atomic mass is 10.0. The van der Waals surface area contributed by atoms with Crippen LogP contribution in [0.2, 0.25) is 0 Å². The molecule has 1 amide bonds. The number of aromatic nitrogens is 4. The molecule has 2 fully saturated rings. The number of aromatic amines is 1. The summed E-state index contributed by atoms with van der Waals surface area (Å²) < 4.78 is 6.43. The van der Waals surface area contributed by atoms with Crippen molar-refractivity contribution in [2.75, 3.05) is 63.2 Å². The predicted octanol–water partition coefficient (Wildman–Crippen LogP) is 3.76. The number of anilines is 2. The summed E-state index contributed by atoms with van der Waals surface area (Å²) in [4.78, 5) is 31.4. The van der Waals surface area contributed by atoms with Gasteiger partial charge < -0.3 is 24.3 Å². The number of nitriles is 1. The molecule has 0 bridgehead atoms. The molecule has 0 unspecified atom stereocenters. The SMILES string of the molecule is C=CC(=O)N1CCN(c2nc(OCC3(CN(C)C)CC3)nc3c2CCCN(c2c(C)c(C)cc4[nH]ncc24)C3)C[C@@H]1CC#N. The van der Waals surface area contributed by atoms with Crippen LogP contribution in [0.25, 0.3) is 10.9 Å². The van der Waals surface area contributed by atoms with Gasteiger partial charge in [0.1, 0.15) is 5.82 Å². The summed E-state index contributed by atoms with van der Waals surface area (Å²) in [7, 11) is 4.20. The molecule has 11 nitrogen and oxygen atoms in total. The third-order valence-electron chi connectivity index (χ3n) is 9.48. The van der Waals surface area contributed by atoms with Gasteiger partial charge >= 0.3 is 6.01 Å². The molecule has 4 heterocycles. The number of carbonyl (C=O) groups is 1. The molecule has 232 valence electrons. The molecule has 6 rings (SSSR count). The summed E-state index contributed by atoms with van der Waals surface area (Å²) in [6.45, 7) is 12.7. The van der Waals surface area contributed by atoms with Crippen molar-refractivity contribution in [2.45, 2.75) is 58.5 Å². The van der Waals surface area contributed by atoms with E-state index in [1.165, 1.54) is 22.9 Å². The molecule has 1 aromatic carbocycles. The number of nitrogens with one attached hydrogen (secondary N) is 1. The molecule has 2 aliphatic heterocycles. The maximum atomic E-state index is 12.6. The van der Waals surface area contributed by atoms with E-state index in [0.29, 0.717) is 38.8 Å². The van der Waals surface area contributed by atoms with Crippen molar-refractivity contribution in [1.29, 1.82) is 5.26 Å². The number of hydrogen-bond acceptors (Lipinski definition) is 9. The molecule has 44 heavy (non-hydrogen) atoms. The van der Waals surface area contributed by atoms with Crippen molar-refractivity contribution in [1.82, 2.24) is 30.0 Å². The maximum Gasteiger partial charge on any atom is 0.318 e. The topological polar surface area (TPSA) is 118 Å². The second-order valence-corrected chi connectivity index (χ2v) is 13.0. The highest BCUT2D eigenvalue weighted by atomic mass is 16.5. The number of carbonyl (C=O) groups excluding carboxylic acids is 1. The Labute approximate surface area is 259 Å². The van der Waals surface area contributed by atoms with E-state index in [4.69, 9.17) is 14.7 Å². The van der Waals surface area contributed by atoms with Gasteiger partial charge in [0.05, 0.1) is 54.8 Å². The van der Waals surface area contributed by atoms with Crippen molar-refractivity contribution in [3.63, 3.8) is 0 Å². The highest BCUT2D eigenvalue weighted by Gasteiger charge is 2.44. The number of fused-ring (bicyclic) bond motifs is 2. The van der Waals surface area contributed by atoms with Crippen molar-refractivity contribution in [3.8, 4) is 12.1 Å². The smallest absolute Gasteiger partial charge is 0.318 e. The number of piperazine rings is 1. The fourth-order valence-corrected chi connectivity index (χ4v) is 6.97. The Morgan fingerprint density at radius 1 is 1.25 bits per heavy atom. The van der Waals surface area contributed by atoms with Gasteiger partial charge in [-0.15, -0.1) is 0 Å². The molecule has 0 spiro atoms. The van der Waals surface area contributed by atoms with Gasteiger partial charge in [-0.1, -0.05) is 6.58 Å². The van der Waals surface area contributed by atoms with Crippen molar-refractivity contribution >= 4 is 28.3 Å². The van der Waals surface area contributed by atoms with Crippen molar-refractivity contribution in [2.24, 2.45) is 5.41 Å². The van der Waals surface area contributed by atoms with Crippen LogP contribution in [0.3, 0.4) is 0 Å². The molecule has 1 atom stereocenters. The Balaban J connectivity index is 1.37. The van der Waals surface area contributed by atoms with Crippen LogP contribution in [0.5, 0.6) is 6.01 Å². The van der Waals surface area contributed by atoms with E-state index in [9.17, 15) is 10.1 Å². The number of ether oxygens (including phenoxy) is 1.